The summed E-state index contributed by atoms with van der Waals surface area (Å²) >= 11 is 0. The standard InChI is InChI=1S/C21H27N3O3/c1-15(2)21(26)24(3)14-16-4-6-17(7-5-16)20(25)23-18-8-10-19(11-9-18)27-13-12-22/h4-11,15H,12-14,22H2,1-3H3,(H,23,25). The molecule has 0 aliphatic carbocycles. The molecule has 0 radical (unpaired) electrons. The Morgan fingerprint density at radius 3 is 2.26 bits per heavy atom. The number of nitrogens with zero attached hydrogens (tertiary/aromatic N) is 1. The van der Waals surface area contributed by atoms with E-state index in [1.165, 1.54) is 0 Å². The number of benzene rings is 2. The molecule has 27 heavy (non-hydrogen) atoms. The van der Waals surface area contributed by atoms with Crippen LogP contribution in [0.3, 0.4) is 0 Å². The monoisotopic (exact) mass is 369 g/mol. The van der Waals surface area contributed by atoms with E-state index >= 15 is 0 Å². The van der Waals surface area contributed by atoms with E-state index in [9.17, 15) is 9.59 Å². The first kappa shape index (κ1) is 20.5. The molecule has 2 aromatic carbocycles. The maximum absolute atomic E-state index is 12.4. The number of amides is 2. The predicted octanol–water partition coefficient (Wildman–Crippen LogP) is 2.89. The van der Waals surface area contributed by atoms with Crippen LogP contribution in [0.2, 0.25) is 0 Å². The average molecular weight is 369 g/mol. The van der Waals surface area contributed by atoms with Gasteiger partial charge in [-0.1, -0.05) is 26.0 Å². The number of hydrogen-bond acceptors (Lipinski definition) is 4. The highest BCUT2D eigenvalue weighted by molar-refractivity contribution is 6.04. The van der Waals surface area contributed by atoms with Crippen molar-refractivity contribution in [1.29, 1.82) is 0 Å². The number of carbonyl (C=O) groups excluding carboxylic acids is 2. The van der Waals surface area contributed by atoms with E-state index in [4.69, 9.17) is 10.5 Å². The zero-order valence-corrected chi connectivity index (χ0v) is 16.1. The molecular weight excluding hydrogens is 342 g/mol. The van der Waals surface area contributed by atoms with E-state index in [1.54, 1.807) is 48.3 Å². The van der Waals surface area contributed by atoms with Crippen molar-refractivity contribution in [1.82, 2.24) is 4.90 Å². The minimum absolute atomic E-state index is 0.0351. The Balaban J connectivity index is 1.94. The summed E-state index contributed by atoms with van der Waals surface area (Å²) in [6.07, 6.45) is 0. The summed E-state index contributed by atoms with van der Waals surface area (Å²) in [6, 6.07) is 14.4. The van der Waals surface area contributed by atoms with Crippen LogP contribution in [-0.2, 0) is 11.3 Å². The van der Waals surface area contributed by atoms with Gasteiger partial charge in [0, 0.05) is 37.3 Å². The molecule has 0 heterocycles. The second kappa shape index (κ2) is 9.73. The number of nitrogens with two attached hydrogens (primary N) is 1. The second-order valence-electron chi connectivity index (χ2n) is 6.66. The van der Waals surface area contributed by atoms with Crippen molar-refractivity contribution in [3.05, 3.63) is 59.7 Å². The van der Waals surface area contributed by atoms with Gasteiger partial charge in [0.05, 0.1) is 0 Å². The predicted molar refractivity (Wildman–Crippen MR) is 107 cm³/mol. The molecule has 0 aliphatic rings. The topological polar surface area (TPSA) is 84.7 Å². The number of rotatable bonds is 8. The lowest BCUT2D eigenvalue weighted by molar-refractivity contribution is -0.133. The molecule has 6 heteroatoms. The minimum Gasteiger partial charge on any atom is -0.492 e. The van der Waals surface area contributed by atoms with Gasteiger partial charge in [0.15, 0.2) is 0 Å². The van der Waals surface area contributed by atoms with Gasteiger partial charge in [-0.25, -0.2) is 0 Å². The summed E-state index contributed by atoms with van der Waals surface area (Å²) in [5.41, 5.74) is 7.62. The van der Waals surface area contributed by atoms with Gasteiger partial charge >= 0.3 is 0 Å². The largest absolute Gasteiger partial charge is 0.492 e. The number of hydrogen-bond donors (Lipinski definition) is 2. The lowest BCUT2D eigenvalue weighted by Crippen LogP contribution is -2.29. The Kier molecular flexibility index (Phi) is 7.37. The molecule has 2 aromatic rings. The molecule has 0 bridgehead atoms. The van der Waals surface area contributed by atoms with Crippen LogP contribution >= 0.6 is 0 Å². The molecule has 2 rings (SSSR count). The fourth-order valence-electron chi connectivity index (χ4n) is 2.57. The highest BCUT2D eigenvalue weighted by Gasteiger charge is 2.13. The average Bonchev–Trinajstić information content (AvgIpc) is 2.67. The highest BCUT2D eigenvalue weighted by atomic mass is 16.5. The van der Waals surface area contributed by atoms with Crippen LogP contribution in [-0.4, -0.2) is 36.9 Å². The Labute approximate surface area is 160 Å². The molecule has 144 valence electrons. The van der Waals surface area contributed by atoms with Gasteiger partial charge in [0.1, 0.15) is 12.4 Å². The highest BCUT2D eigenvalue weighted by Crippen LogP contribution is 2.17. The van der Waals surface area contributed by atoms with Crippen LogP contribution in [0.1, 0.15) is 29.8 Å². The van der Waals surface area contributed by atoms with Crippen LogP contribution in [0.15, 0.2) is 48.5 Å². The Hall–Kier alpha value is -2.86. The van der Waals surface area contributed by atoms with Crippen molar-refractivity contribution in [2.75, 3.05) is 25.5 Å². The van der Waals surface area contributed by atoms with E-state index in [1.807, 2.05) is 26.0 Å². The number of carbonyl (C=O) groups is 2. The molecule has 0 aromatic heterocycles. The van der Waals surface area contributed by atoms with Crippen LogP contribution in [0.25, 0.3) is 0 Å². The first-order chi connectivity index (χ1) is 12.9. The van der Waals surface area contributed by atoms with E-state index in [0.717, 1.165) is 5.56 Å². The van der Waals surface area contributed by atoms with E-state index in [-0.39, 0.29) is 17.7 Å². The van der Waals surface area contributed by atoms with Gasteiger partial charge in [-0.05, 0) is 42.0 Å². The third-order valence-corrected chi connectivity index (χ3v) is 4.00. The van der Waals surface area contributed by atoms with Crippen LogP contribution < -0.4 is 15.8 Å². The zero-order chi connectivity index (χ0) is 19.8. The Bertz CT molecular complexity index is 755. The lowest BCUT2D eigenvalue weighted by Gasteiger charge is -2.19. The second-order valence-corrected chi connectivity index (χ2v) is 6.66. The first-order valence-corrected chi connectivity index (χ1v) is 8.99. The summed E-state index contributed by atoms with van der Waals surface area (Å²) in [7, 11) is 1.78. The molecule has 3 N–H and O–H groups in total. The normalized spacial score (nSPS) is 10.6. The third-order valence-electron chi connectivity index (χ3n) is 4.00. The summed E-state index contributed by atoms with van der Waals surface area (Å²) in [5, 5.41) is 2.85. The van der Waals surface area contributed by atoms with Crippen LogP contribution in [0.5, 0.6) is 5.75 Å². The molecule has 2 amide bonds. The molecule has 0 spiro atoms. The minimum atomic E-state index is -0.191. The summed E-state index contributed by atoms with van der Waals surface area (Å²) < 4.78 is 5.41. The van der Waals surface area contributed by atoms with E-state index in [0.29, 0.717) is 36.7 Å². The number of ether oxygens (including phenoxy) is 1. The summed E-state index contributed by atoms with van der Waals surface area (Å²) in [6.45, 7) is 5.18. The van der Waals surface area contributed by atoms with E-state index < -0.39 is 0 Å². The van der Waals surface area contributed by atoms with Gasteiger partial charge in [-0.3, -0.25) is 9.59 Å². The summed E-state index contributed by atoms with van der Waals surface area (Å²) in [4.78, 5) is 26.0. The van der Waals surface area contributed by atoms with Gasteiger partial charge < -0.3 is 20.7 Å². The molecule has 0 saturated heterocycles. The molecule has 0 aliphatic heterocycles. The molecular formula is C21H27N3O3. The third kappa shape index (κ3) is 6.11. The fraction of sp³-hybridized carbons (Fsp3) is 0.333. The molecule has 0 atom stereocenters. The van der Waals surface area contributed by atoms with Crippen molar-refractivity contribution in [3.8, 4) is 5.75 Å². The van der Waals surface area contributed by atoms with Gasteiger partial charge in [0.25, 0.3) is 5.91 Å². The van der Waals surface area contributed by atoms with Crippen molar-refractivity contribution in [3.63, 3.8) is 0 Å². The number of anilines is 1. The molecule has 0 unspecified atom stereocenters. The van der Waals surface area contributed by atoms with Crippen molar-refractivity contribution in [2.24, 2.45) is 11.7 Å². The maximum atomic E-state index is 12.4. The Morgan fingerprint density at radius 1 is 1.07 bits per heavy atom. The molecule has 6 nitrogen and oxygen atoms in total. The van der Waals surface area contributed by atoms with Gasteiger partial charge in [0.2, 0.25) is 5.91 Å². The van der Waals surface area contributed by atoms with Gasteiger partial charge in [-0.2, -0.15) is 0 Å². The fourth-order valence-corrected chi connectivity index (χ4v) is 2.57. The van der Waals surface area contributed by atoms with Crippen molar-refractivity contribution < 1.29 is 14.3 Å². The van der Waals surface area contributed by atoms with Crippen LogP contribution in [0.4, 0.5) is 5.69 Å². The van der Waals surface area contributed by atoms with Crippen LogP contribution in [0, 0.1) is 5.92 Å². The quantitative estimate of drug-likeness (QED) is 0.749. The van der Waals surface area contributed by atoms with Gasteiger partial charge in [-0.15, -0.1) is 0 Å². The van der Waals surface area contributed by atoms with E-state index in [2.05, 4.69) is 5.32 Å². The van der Waals surface area contributed by atoms with Crippen molar-refractivity contribution >= 4 is 17.5 Å². The first-order valence-electron chi connectivity index (χ1n) is 8.99. The zero-order valence-electron chi connectivity index (χ0n) is 16.1. The Morgan fingerprint density at radius 2 is 1.70 bits per heavy atom. The molecule has 0 fully saturated rings. The molecule has 0 saturated carbocycles. The maximum Gasteiger partial charge on any atom is 0.255 e. The lowest BCUT2D eigenvalue weighted by atomic mass is 10.1. The van der Waals surface area contributed by atoms with Crippen molar-refractivity contribution in [2.45, 2.75) is 20.4 Å². The smallest absolute Gasteiger partial charge is 0.255 e. The SMILES string of the molecule is CC(C)C(=O)N(C)Cc1ccc(C(=O)Nc2ccc(OCCN)cc2)cc1. The number of nitrogens with one attached hydrogen (secondary N) is 1. The summed E-state index contributed by atoms with van der Waals surface area (Å²) in [5.74, 6) is 0.578.